The van der Waals surface area contributed by atoms with Crippen molar-refractivity contribution in [1.82, 2.24) is 9.78 Å². The normalized spacial score (nSPS) is 13.8. The van der Waals surface area contributed by atoms with Gasteiger partial charge in [0.25, 0.3) is 17.2 Å². The summed E-state index contributed by atoms with van der Waals surface area (Å²) in [6.45, 7) is 5.64. The van der Waals surface area contributed by atoms with Gasteiger partial charge in [-0.25, -0.2) is 9.58 Å². The number of benzene rings is 2. The Kier molecular flexibility index (Phi) is 5.09. The van der Waals surface area contributed by atoms with Crippen molar-refractivity contribution in [3.05, 3.63) is 112 Å². The number of imide groups is 1. The van der Waals surface area contributed by atoms with Crippen molar-refractivity contribution in [1.29, 1.82) is 0 Å². The molecule has 1 aliphatic heterocycles. The highest BCUT2D eigenvalue weighted by Gasteiger charge is 2.48. The first-order valence-electron chi connectivity index (χ1n) is 10.9. The maximum absolute atomic E-state index is 13.8. The molecular formula is C27H23N4O3+. The molecule has 2 aromatic heterocycles. The van der Waals surface area contributed by atoms with Gasteiger partial charge in [0.15, 0.2) is 12.4 Å². The average molecular weight is 452 g/mol. The van der Waals surface area contributed by atoms with Crippen LogP contribution >= 0.6 is 0 Å². The van der Waals surface area contributed by atoms with Crippen LogP contribution in [0.25, 0.3) is 17.0 Å². The zero-order valence-electron chi connectivity index (χ0n) is 19.1. The molecule has 3 heterocycles. The van der Waals surface area contributed by atoms with Crippen LogP contribution < -0.4 is 15.0 Å². The van der Waals surface area contributed by atoms with Crippen molar-refractivity contribution >= 4 is 28.8 Å². The third kappa shape index (κ3) is 3.29. The number of para-hydroxylation sites is 2. The van der Waals surface area contributed by atoms with Crippen LogP contribution in [0, 0.1) is 20.8 Å². The maximum Gasteiger partial charge on any atom is 0.331 e. The first kappa shape index (κ1) is 21.3. The predicted octanol–water partition coefficient (Wildman–Crippen LogP) is 3.32. The Morgan fingerprint density at radius 3 is 1.97 bits per heavy atom. The first-order valence-corrected chi connectivity index (χ1v) is 10.9. The van der Waals surface area contributed by atoms with Gasteiger partial charge in [0, 0.05) is 17.3 Å². The minimum absolute atomic E-state index is 0.0792. The standard InChI is InChI=1S/C27H22N4O3/c1-17-14-15-29(16-18(17)2)24-23(25(32)30(27(24)34)20-10-6-4-7-11-20)22-19(3)28-31(26(22)33)21-12-8-5-9-13-21/h4-16H,1-3H3/p+1. The molecule has 0 saturated carbocycles. The van der Waals surface area contributed by atoms with E-state index in [0.29, 0.717) is 17.1 Å². The van der Waals surface area contributed by atoms with E-state index in [0.717, 1.165) is 16.0 Å². The Balaban J connectivity index is 1.78. The van der Waals surface area contributed by atoms with Gasteiger partial charge in [-0.15, -0.1) is 0 Å². The molecule has 1 N–H and O–H groups in total. The number of rotatable bonds is 4. The van der Waals surface area contributed by atoms with Crippen molar-refractivity contribution < 1.29 is 14.2 Å². The molecule has 5 rings (SSSR count). The second kappa shape index (κ2) is 8.12. The highest BCUT2D eigenvalue weighted by molar-refractivity contribution is 6.53. The molecule has 1 aliphatic rings. The van der Waals surface area contributed by atoms with Gasteiger partial charge in [-0.1, -0.05) is 36.4 Å². The lowest BCUT2D eigenvalue weighted by atomic mass is 10.0. The number of carbonyl (C=O) groups excluding carboxylic acids is 2. The second-order valence-corrected chi connectivity index (χ2v) is 8.31. The number of amides is 2. The minimum atomic E-state index is -0.531. The monoisotopic (exact) mass is 451 g/mol. The highest BCUT2D eigenvalue weighted by atomic mass is 16.2. The summed E-state index contributed by atoms with van der Waals surface area (Å²) in [6, 6.07) is 19.7. The van der Waals surface area contributed by atoms with Crippen LogP contribution in [0.1, 0.15) is 22.4 Å². The number of aromatic amines is 1. The van der Waals surface area contributed by atoms with Crippen molar-refractivity contribution in [3.63, 3.8) is 0 Å². The number of nitrogens with one attached hydrogen (secondary N) is 1. The zero-order chi connectivity index (χ0) is 24.0. The fourth-order valence-corrected chi connectivity index (χ4v) is 4.21. The van der Waals surface area contributed by atoms with E-state index in [-0.39, 0.29) is 16.8 Å². The molecule has 7 heteroatoms. The Labute approximate surface area is 196 Å². The first-order chi connectivity index (χ1) is 16.4. The summed E-state index contributed by atoms with van der Waals surface area (Å²) in [5.41, 5.74) is 3.62. The molecule has 0 bridgehead atoms. The molecule has 7 nitrogen and oxygen atoms in total. The van der Waals surface area contributed by atoms with E-state index >= 15 is 0 Å². The van der Waals surface area contributed by atoms with Gasteiger partial charge in [0.2, 0.25) is 0 Å². The maximum atomic E-state index is 13.8. The predicted molar refractivity (Wildman–Crippen MR) is 129 cm³/mol. The van der Waals surface area contributed by atoms with Crippen LogP contribution in [0.5, 0.6) is 0 Å². The van der Waals surface area contributed by atoms with Crippen LogP contribution in [0.3, 0.4) is 0 Å². The van der Waals surface area contributed by atoms with Crippen molar-refractivity contribution in [2.24, 2.45) is 0 Å². The summed E-state index contributed by atoms with van der Waals surface area (Å²) in [5.74, 6) is -1.01. The average Bonchev–Trinajstić information content (AvgIpc) is 3.27. The molecule has 2 aromatic carbocycles. The number of aryl methyl sites for hydroxylation is 3. The van der Waals surface area contributed by atoms with E-state index in [1.165, 1.54) is 4.68 Å². The van der Waals surface area contributed by atoms with Crippen LogP contribution in [0.15, 0.2) is 83.9 Å². The molecule has 168 valence electrons. The molecule has 0 atom stereocenters. The molecule has 0 unspecified atom stereocenters. The highest BCUT2D eigenvalue weighted by Crippen LogP contribution is 2.33. The zero-order valence-corrected chi connectivity index (χ0v) is 19.1. The van der Waals surface area contributed by atoms with E-state index in [4.69, 9.17) is 0 Å². The smallest absolute Gasteiger partial charge is 0.295 e. The Bertz CT molecular complexity index is 1530. The van der Waals surface area contributed by atoms with Crippen molar-refractivity contribution in [2.75, 3.05) is 4.90 Å². The van der Waals surface area contributed by atoms with Gasteiger partial charge in [0.05, 0.1) is 16.9 Å². The van der Waals surface area contributed by atoms with Crippen molar-refractivity contribution in [2.45, 2.75) is 20.8 Å². The summed E-state index contributed by atoms with van der Waals surface area (Å²) < 4.78 is 3.03. The molecule has 0 aliphatic carbocycles. The minimum Gasteiger partial charge on any atom is -0.295 e. The lowest BCUT2D eigenvalue weighted by Gasteiger charge is -2.13. The summed E-state index contributed by atoms with van der Waals surface area (Å²) in [7, 11) is 0. The number of carbonyl (C=O) groups is 2. The topological polar surface area (TPSA) is 79.1 Å². The van der Waals surface area contributed by atoms with Crippen LogP contribution in [0.2, 0.25) is 0 Å². The number of pyridine rings is 1. The number of hydrogen-bond acceptors (Lipinski definition) is 3. The van der Waals surface area contributed by atoms with Gasteiger partial charge in [-0.3, -0.25) is 19.5 Å². The summed E-state index contributed by atoms with van der Waals surface area (Å²) in [5, 5.41) is 3.07. The van der Waals surface area contributed by atoms with Gasteiger partial charge in [-0.2, -0.15) is 4.57 Å². The Morgan fingerprint density at radius 2 is 1.35 bits per heavy atom. The number of aromatic nitrogens is 3. The quantitative estimate of drug-likeness (QED) is 0.382. The lowest BCUT2D eigenvalue weighted by molar-refractivity contribution is -0.577. The summed E-state index contributed by atoms with van der Waals surface area (Å²) in [4.78, 5) is 42.2. The van der Waals surface area contributed by atoms with Crippen molar-refractivity contribution in [3.8, 4) is 5.69 Å². The van der Waals surface area contributed by atoms with Gasteiger partial charge < -0.3 is 0 Å². The van der Waals surface area contributed by atoms with E-state index in [9.17, 15) is 14.4 Å². The van der Waals surface area contributed by atoms with E-state index in [1.807, 2.05) is 50.4 Å². The molecule has 34 heavy (non-hydrogen) atoms. The number of nitrogens with zero attached hydrogens (tertiary/aromatic N) is 3. The van der Waals surface area contributed by atoms with E-state index in [1.54, 1.807) is 54.1 Å². The molecule has 0 saturated heterocycles. The molecule has 4 aromatic rings. The van der Waals surface area contributed by atoms with Crippen LogP contribution in [-0.4, -0.2) is 21.6 Å². The SMILES string of the molecule is Cc1cc[n+](C2=C(c3c(C)[nH]n(-c4ccccc4)c3=O)C(=O)N(c3ccccc3)C2=O)cc1C. The van der Waals surface area contributed by atoms with Gasteiger partial charge in [0.1, 0.15) is 5.57 Å². The molecular weight excluding hydrogens is 428 g/mol. The molecule has 2 amide bonds. The Hall–Kier alpha value is -4.52. The van der Waals surface area contributed by atoms with E-state index in [2.05, 4.69) is 5.10 Å². The van der Waals surface area contributed by atoms with Gasteiger partial charge in [-0.05, 0) is 50.6 Å². The number of anilines is 1. The fraction of sp³-hybridized carbons (Fsp3) is 0.111. The summed E-state index contributed by atoms with van der Waals surface area (Å²) >= 11 is 0. The molecule has 0 radical (unpaired) electrons. The third-order valence-corrected chi connectivity index (χ3v) is 6.11. The van der Waals surface area contributed by atoms with Crippen LogP contribution in [0.4, 0.5) is 5.69 Å². The van der Waals surface area contributed by atoms with Crippen LogP contribution in [-0.2, 0) is 9.59 Å². The number of H-pyrrole nitrogens is 1. The molecule has 0 spiro atoms. The molecule has 0 fully saturated rings. The summed E-state index contributed by atoms with van der Waals surface area (Å²) in [6.07, 6.45) is 3.55. The van der Waals surface area contributed by atoms with Gasteiger partial charge >= 0.3 is 5.91 Å². The third-order valence-electron chi connectivity index (χ3n) is 6.11. The lowest BCUT2D eigenvalue weighted by Crippen LogP contribution is -2.40. The fourth-order valence-electron chi connectivity index (χ4n) is 4.21. The number of hydrogen-bond donors (Lipinski definition) is 1. The second-order valence-electron chi connectivity index (χ2n) is 8.31. The Morgan fingerprint density at radius 1 is 0.735 bits per heavy atom. The van der Waals surface area contributed by atoms with E-state index < -0.39 is 17.4 Å². The largest absolute Gasteiger partial charge is 0.331 e.